The van der Waals surface area contributed by atoms with Crippen LogP contribution in [0, 0.1) is 11.3 Å². The van der Waals surface area contributed by atoms with E-state index in [1.165, 1.54) is 27.7 Å². The zero-order valence-corrected chi connectivity index (χ0v) is 40.9. The van der Waals surface area contributed by atoms with Crippen LogP contribution in [-0.4, -0.2) is 122 Å². The third-order valence-corrected chi connectivity index (χ3v) is 13.5. The fourth-order valence-electron chi connectivity index (χ4n) is 9.72. The fraction of sp³-hybridized carbons (Fsp3) is 0.471. The van der Waals surface area contributed by atoms with Gasteiger partial charge in [0, 0.05) is 75.3 Å². The van der Waals surface area contributed by atoms with Crippen molar-refractivity contribution >= 4 is 46.3 Å². The molecule has 3 aliphatic heterocycles. The van der Waals surface area contributed by atoms with Gasteiger partial charge in [-0.2, -0.15) is 0 Å². The van der Waals surface area contributed by atoms with Gasteiger partial charge in [-0.1, -0.05) is 39.8 Å². The molecule has 0 aliphatic carbocycles. The van der Waals surface area contributed by atoms with Gasteiger partial charge in [0.1, 0.15) is 29.7 Å². The van der Waals surface area contributed by atoms with Gasteiger partial charge in [0.15, 0.2) is 0 Å². The van der Waals surface area contributed by atoms with E-state index in [-0.39, 0.29) is 49.2 Å². The third-order valence-electron chi connectivity index (χ3n) is 13.5. The summed E-state index contributed by atoms with van der Waals surface area (Å²) in [4.78, 5) is 80.3. The first kappa shape index (κ1) is 48.8. The minimum atomic E-state index is -1.21. The number of hydrogen-bond acceptors (Lipinski definition) is 12. The molecule has 5 atom stereocenters. The Labute approximate surface area is 402 Å². The number of esters is 1. The smallest absolute Gasteiger partial charge is 0.324 e. The van der Waals surface area contributed by atoms with E-state index in [9.17, 15) is 29.1 Å². The van der Waals surface area contributed by atoms with Crippen molar-refractivity contribution in [2.75, 3.05) is 39.2 Å². The summed E-state index contributed by atoms with van der Waals surface area (Å²) >= 11 is 0. The van der Waals surface area contributed by atoms with Gasteiger partial charge in [0.05, 0.1) is 36.3 Å². The van der Waals surface area contributed by atoms with Crippen molar-refractivity contribution < 1.29 is 38.6 Å². The molecule has 0 radical (unpaired) electrons. The minimum Gasteiger partial charge on any atom is -0.508 e. The Hall–Kier alpha value is -6.63. The van der Waals surface area contributed by atoms with Crippen molar-refractivity contribution in [2.24, 2.45) is 18.4 Å². The molecule has 6 heterocycles. The zero-order valence-electron chi connectivity index (χ0n) is 40.9. The van der Waals surface area contributed by atoms with Gasteiger partial charge in [0.2, 0.25) is 17.6 Å². The Morgan fingerprint density at radius 3 is 2.55 bits per heavy atom. The van der Waals surface area contributed by atoms with E-state index in [2.05, 4.69) is 69.9 Å². The molecule has 3 aromatic heterocycles. The van der Waals surface area contributed by atoms with Crippen molar-refractivity contribution in [3.63, 3.8) is 0 Å². The van der Waals surface area contributed by atoms with Gasteiger partial charge in [-0.25, -0.2) is 10.4 Å². The van der Waals surface area contributed by atoms with E-state index >= 15 is 0 Å². The molecule has 8 rings (SSSR count). The highest BCUT2D eigenvalue weighted by Gasteiger charge is 2.39. The first-order valence-corrected chi connectivity index (χ1v) is 23.7. The van der Waals surface area contributed by atoms with E-state index in [0.717, 1.165) is 39.0 Å². The lowest BCUT2D eigenvalue weighted by Gasteiger charge is -2.36. The summed E-state index contributed by atoms with van der Waals surface area (Å²) in [5.41, 5.74) is 9.42. The second-order valence-corrected chi connectivity index (χ2v) is 19.6. The van der Waals surface area contributed by atoms with Crippen molar-refractivity contribution in [3.05, 3.63) is 83.6 Å². The number of hydrogen-bond donors (Lipinski definition) is 5. The molecule has 6 bridgehead atoms. The molecule has 5 aromatic rings. The van der Waals surface area contributed by atoms with Crippen LogP contribution in [0.2, 0.25) is 0 Å². The van der Waals surface area contributed by atoms with Gasteiger partial charge >= 0.3 is 5.97 Å². The van der Waals surface area contributed by atoms with Crippen LogP contribution in [0.1, 0.15) is 87.9 Å². The van der Waals surface area contributed by atoms with Crippen LogP contribution in [0.5, 0.6) is 5.75 Å². The minimum absolute atomic E-state index is 0.00345. The molecule has 4 amide bonds. The van der Waals surface area contributed by atoms with Gasteiger partial charge in [0.25, 0.3) is 11.8 Å². The molecule has 2 saturated heterocycles. The number of pyridine rings is 1. The van der Waals surface area contributed by atoms with Crippen LogP contribution < -0.4 is 21.4 Å². The van der Waals surface area contributed by atoms with Gasteiger partial charge in [-0.15, -0.1) is 0 Å². The number of phenols is 1. The molecule has 366 valence electrons. The Morgan fingerprint density at radius 2 is 1.84 bits per heavy atom. The van der Waals surface area contributed by atoms with Crippen LogP contribution in [0.4, 0.5) is 5.82 Å². The number of hydrazine groups is 1. The molecule has 2 aromatic carbocycles. The van der Waals surface area contributed by atoms with Crippen molar-refractivity contribution in [1.29, 1.82) is 0 Å². The maximum Gasteiger partial charge on any atom is 0.324 e. The largest absolute Gasteiger partial charge is 0.508 e. The number of benzene rings is 2. The second kappa shape index (κ2) is 19.8. The number of aryl methyl sites for hydroxylation is 1. The average Bonchev–Trinajstić information content (AvgIpc) is 4.07. The number of cyclic esters (lactones) is 1. The maximum atomic E-state index is 14.8. The number of likely N-dealkylation sites (N-methyl/N-ethyl adjacent to an activating group) is 1. The highest BCUT2D eigenvalue weighted by atomic mass is 16.5. The maximum absolute atomic E-state index is 14.8. The Bertz CT molecular complexity index is 2790. The van der Waals surface area contributed by atoms with Crippen molar-refractivity contribution in [2.45, 2.75) is 104 Å². The summed E-state index contributed by atoms with van der Waals surface area (Å²) < 4.78 is 15.7. The van der Waals surface area contributed by atoms with Gasteiger partial charge in [-0.05, 0) is 97.7 Å². The topological polar surface area (TPSA) is 224 Å². The predicted octanol–water partition coefficient (Wildman–Crippen LogP) is 4.89. The number of carbonyl (C=O) groups excluding carboxylic acids is 5. The lowest BCUT2D eigenvalue weighted by Crippen LogP contribution is -2.62. The average molecular weight is 945 g/mol. The standard InChI is InChI=1S/C51H64N10O8/c1-10-60-40-16-15-31-23-35(40)36(44(60)34-13-11-17-52-42(34)29(4)68-9)24-51(5,6)27-69-50(67)37-14-12-18-61(57-37)48(65)38(21-30-19-32(31)22-33(62)20-30)55-47(64)43(28(2)3)59(8)49(66)45-54-26-41(58(45)7)56-46(63)39-25-53-39/h11,13,15-17,19-20,22-23,26,28-29,37-39,43,53,57,62H,10,12,14,18,21,24-25,27H2,1-9H3,(H,55,64)(H,56,63)/t29-,37-,38-,39+,43-/m0/s1. The molecule has 0 unspecified atom stereocenters. The normalized spacial score (nSPS) is 20.2. The fourth-order valence-corrected chi connectivity index (χ4v) is 9.72. The lowest BCUT2D eigenvalue weighted by molar-refractivity contribution is -0.155. The number of nitrogens with one attached hydrogen (secondary N) is 4. The third kappa shape index (κ3) is 10.1. The number of imidazole rings is 1. The van der Waals surface area contributed by atoms with E-state index < -0.39 is 53.1 Å². The predicted molar refractivity (Wildman–Crippen MR) is 260 cm³/mol. The molecule has 18 nitrogen and oxygen atoms in total. The van der Waals surface area contributed by atoms with Crippen LogP contribution in [0.15, 0.2) is 60.9 Å². The number of phenolic OH excluding ortho intramolecular Hbond substituents is 1. The molecule has 18 heteroatoms. The summed E-state index contributed by atoms with van der Waals surface area (Å²) in [6, 6.07) is 12.0. The lowest BCUT2D eigenvalue weighted by atomic mass is 9.84. The highest BCUT2D eigenvalue weighted by Crippen LogP contribution is 2.42. The monoisotopic (exact) mass is 944 g/mol. The molecule has 2 fully saturated rings. The van der Waals surface area contributed by atoms with Crippen LogP contribution in [0.3, 0.4) is 0 Å². The second-order valence-electron chi connectivity index (χ2n) is 19.6. The van der Waals surface area contributed by atoms with Gasteiger partial charge < -0.3 is 44.6 Å². The number of nitrogens with zero attached hydrogens (tertiary/aromatic N) is 6. The highest BCUT2D eigenvalue weighted by molar-refractivity contribution is 5.99. The van der Waals surface area contributed by atoms with Crippen molar-refractivity contribution in [1.82, 2.24) is 45.1 Å². The summed E-state index contributed by atoms with van der Waals surface area (Å²) in [5, 5.41) is 22.4. The number of amides is 4. The first-order chi connectivity index (χ1) is 32.9. The van der Waals surface area contributed by atoms with E-state index in [4.69, 9.17) is 14.5 Å². The molecule has 0 saturated carbocycles. The summed E-state index contributed by atoms with van der Waals surface area (Å²) in [6.07, 6.45) is 4.27. The molecular formula is C51H64N10O8. The number of methoxy groups -OCH3 is 1. The van der Waals surface area contributed by atoms with Gasteiger partial charge in [-0.3, -0.25) is 34.0 Å². The molecule has 5 N–H and O–H groups in total. The number of ether oxygens (including phenoxy) is 2. The van der Waals surface area contributed by atoms with Crippen molar-refractivity contribution in [3.8, 4) is 28.1 Å². The summed E-state index contributed by atoms with van der Waals surface area (Å²) in [7, 11) is 4.77. The van der Waals surface area contributed by atoms with Crippen LogP contribution in [-0.2, 0) is 55.1 Å². The number of anilines is 1. The molecule has 0 spiro atoms. The number of rotatable bonds is 11. The van der Waals surface area contributed by atoms with Crippen LogP contribution in [0.25, 0.3) is 33.3 Å². The van der Waals surface area contributed by atoms with E-state index in [1.54, 1.807) is 46.3 Å². The number of aromatic nitrogens is 4. The van der Waals surface area contributed by atoms with Crippen LogP contribution >= 0.6 is 0 Å². The number of aromatic hydroxyl groups is 1. The molecule has 69 heavy (non-hydrogen) atoms. The number of carbonyl (C=O) groups is 5. The Kier molecular flexibility index (Phi) is 14.0. The molecule has 3 aliphatic rings. The summed E-state index contributed by atoms with van der Waals surface area (Å²) in [5.74, 6) is -2.53. The molecular weight excluding hydrogens is 881 g/mol. The van der Waals surface area contributed by atoms with E-state index in [0.29, 0.717) is 49.3 Å². The Morgan fingerprint density at radius 1 is 1.07 bits per heavy atom. The quantitative estimate of drug-likeness (QED) is 0.0882. The Balaban J connectivity index is 1.19. The SMILES string of the molecule is CCn1c(-c2cccnc2[C@H](C)OC)c2c3cc(ccc31)-c1cc(O)cc(c1)C[C@H](NC(=O)[C@H](C(C)C)N(C)C(=O)c1ncc(NC(=O)[C@H]3CN3)n1C)C(=O)N1CCC[C@H](N1)C(=O)OCC(C)(C)C2. The first-order valence-electron chi connectivity index (χ1n) is 23.7. The summed E-state index contributed by atoms with van der Waals surface area (Å²) in [6.45, 7) is 13.4. The number of fused-ring (bicyclic) bond motifs is 6. The zero-order chi connectivity index (χ0) is 49.5. The van der Waals surface area contributed by atoms with E-state index in [1.807, 2.05) is 25.1 Å².